The summed E-state index contributed by atoms with van der Waals surface area (Å²) in [5.41, 5.74) is 0.787. The molecule has 0 aliphatic carbocycles. The van der Waals surface area contributed by atoms with Crippen LogP contribution in [-0.4, -0.2) is 13.0 Å². The highest BCUT2D eigenvalue weighted by molar-refractivity contribution is 7.88. The van der Waals surface area contributed by atoms with E-state index in [0.29, 0.717) is 0 Å². The van der Waals surface area contributed by atoms with Gasteiger partial charge in [0.2, 0.25) is 0 Å². The molecule has 0 aromatic carbocycles. The maximum absolute atomic E-state index is 10.6. The summed E-state index contributed by atoms with van der Waals surface area (Å²) >= 11 is 1.01. The van der Waals surface area contributed by atoms with Crippen molar-refractivity contribution in [1.82, 2.24) is 0 Å². The van der Waals surface area contributed by atoms with Gasteiger partial charge in [-0.15, -0.1) is 11.3 Å². The molecule has 0 radical (unpaired) electrons. The van der Waals surface area contributed by atoms with Crippen LogP contribution in [0.15, 0.2) is 22.9 Å². The van der Waals surface area contributed by atoms with Crippen molar-refractivity contribution in [2.24, 2.45) is 0 Å². The molecule has 1 aromatic rings. The van der Waals surface area contributed by atoms with Crippen LogP contribution in [0, 0.1) is 0 Å². The molecule has 1 N–H and O–H groups in total. The number of thiophene rings is 1. The van der Waals surface area contributed by atoms with Gasteiger partial charge in [0.05, 0.1) is 0 Å². The average Bonchev–Trinajstić information content (AvgIpc) is 2.30. The average molecular weight is 204 g/mol. The maximum Gasteiger partial charge on any atom is 0.304 e. The van der Waals surface area contributed by atoms with Crippen molar-refractivity contribution in [3.05, 3.63) is 23.6 Å². The van der Waals surface area contributed by atoms with Crippen molar-refractivity contribution in [3.8, 4) is 0 Å². The van der Waals surface area contributed by atoms with E-state index in [2.05, 4.69) is 6.58 Å². The van der Waals surface area contributed by atoms with E-state index in [0.717, 1.165) is 21.8 Å². The Morgan fingerprint density at radius 2 is 2.17 bits per heavy atom. The van der Waals surface area contributed by atoms with E-state index >= 15 is 0 Å². The third-order valence-electron chi connectivity index (χ3n) is 1.26. The van der Waals surface area contributed by atoms with Crippen LogP contribution in [0.25, 0.3) is 5.57 Å². The molecule has 1 aromatic heterocycles. The zero-order valence-electron chi connectivity index (χ0n) is 6.44. The summed E-state index contributed by atoms with van der Waals surface area (Å²) in [4.78, 5) is 0.766. The molecule has 66 valence electrons. The first-order chi connectivity index (χ1) is 5.41. The standard InChI is InChI=1S/C7H8O3S2/c1-5(2)6-3-4-7(11-6)12(8,9)10/h3-4H,1H2,2H3,(H,8,9,10). The Balaban J connectivity index is 3.17. The summed E-state index contributed by atoms with van der Waals surface area (Å²) in [6, 6.07) is 2.99. The zero-order chi connectivity index (χ0) is 9.35. The van der Waals surface area contributed by atoms with Gasteiger partial charge in [-0.25, -0.2) is 0 Å². The molecule has 1 heterocycles. The van der Waals surface area contributed by atoms with Crippen molar-refractivity contribution < 1.29 is 13.0 Å². The van der Waals surface area contributed by atoms with Gasteiger partial charge in [0.25, 0.3) is 0 Å². The third-order valence-corrected chi connectivity index (χ3v) is 3.82. The van der Waals surface area contributed by atoms with Crippen molar-refractivity contribution in [3.63, 3.8) is 0 Å². The summed E-state index contributed by atoms with van der Waals surface area (Å²) in [6.45, 7) is 5.43. The van der Waals surface area contributed by atoms with E-state index in [9.17, 15) is 8.42 Å². The van der Waals surface area contributed by atoms with E-state index in [-0.39, 0.29) is 4.21 Å². The quantitative estimate of drug-likeness (QED) is 0.750. The summed E-state index contributed by atoms with van der Waals surface area (Å²) in [6.07, 6.45) is 0. The minimum atomic E-state index is -4.04. The highest BCUT2D eigenvalue weighted by Crippen LogP contribution is 2.25. The Bertz CT molecular complexity index is 400. The highest BCUT2D eigenvalue weighted by Gasteiger charge is 2.12. The first-order valence-electron chi connectivity index (χ1n) is 3.14. The van der Waals surface area contributed by atoms with Crippen LogP contribution in [-0.2, 0) is 10.1 Å². The molecule has 0 saturated heterocycles. The summed E-state index contributed by atoms with van der Waals surface area (Å²) < 4.78 is 29.8. The van der Waals surface area contributed by atoms with Crippen molar-refractivity contribution >= 4 is 27.0 Å². The van der Waals surface area contributed by atoms with Crippen LogP contribution >= 0.6 is 11.3 Å². The van der Waals surface area contributed by atoms with Gasteiger partial charge < -0.3 is 0 Å². The lowest BCUT2D eigenvalue weighted by Gasteiger charge is -1.90. The van der Waals surface area contributed by atoms with Gasteiger partial charge in [0.15, 0.2) is 0 Å². The van der Waals surface area contributed by atoms with Crippen molar-refractivity contribution in [2.75, 3.05) is 0 Å². The van der Waals surface area contributed by atoms with Crippen LogP contribution in [0.5, 0.6) is 0 Å². The molecule has 0 atom stereocenters. The lowest BCUT2D eigenvalue weighted by atomic mass is 10.3. The van der Waals surface area contributed by atoms with Crippen LogP contribution in [0.2, 0.25) is 0 Å². The molecule has 3 nitrogen and oxygen atoms in total. The van der Waals surface area contributed by atoms with Gasteiger partial charge in [-0.05, 0) is 24.6 Å². The summed E-state index contributed by atoms with van der Waals surface area (Å²) in [5, 5.41) is 0. The zero-order valence-corrected chi connectivity index (χ0v) is 8.08. The molecule has 0 amide bonds. The Morgan fingerprint density at radius 3 is 2.42 bits per heavy atom. The molecule has 5 heteroatoms. The number of hydrogen-bond acceptors (Lipinski definition) is 3. The van der Waals surface area contributed by atoms with Gasteiger partial charge in [0, 0.05) is 4.88 Å². The fourth-order valence-corrected chi connectivity index (χ4v) is 2.28. The molecular formula is C7H8O3S2. The molecule has 12 heavy (non-hydrogen) atoms. The molecule has 0 saturated carbocycles. The van der Waals surface area contributed by atoms with E-state index in [4.69, 9.17) is 4.55 Å². The SMILES string of the molecule is C=C(C)c1ccc(S(=O)(=O)O)s1. The number of rotatable bonds is 2. The maximum atomic E-state index is 10.6. The first kappa shape index (κ1) is 9.44. The smallest absolute Gasteiger partial charge is 0.281 e. The lowest BCUT2D eigenvalue weighted by Crippen LogP contribution is -1.93. The fourth-order valence-electron chi connectivity index (χ4n) is 0.688. The van der Waals surface area contributed by atoms with E-state index < -0.39 is 10.1 Å². The van der Waals surface area contributed by atoms with Crippen LogP contribution in [0.1, 0.15) is 11.8 Å². The van der Waals surface area contributed by atoms with Gasteiger partial charge in [-0.1, -0.05) is 6.58 Å². The topological polar surface area (TPSA) is 54.4 Å². The molecule has 0 aliphatic heterocycles. The summed E-state index contributed by atoms with van der Waals surface area (Å²) in [7, 11) is -4.04. The molecule has 1 rings (SSSR count). The monoisotopic (exact) mass is 204 g/mol. The fraction of sp³-hybridized carbons (Fsp3) is 0.143. The largest absolute Gasteiger partial charge is 0.304 e. The van der Waals surface area contributed by atoms with Gasteiger partial charge in [0.1, 0.15) is 4.21 Å². The second kappa shape index (κ2) is 3.01. The molecule has 0 unspecified atom stereocenters. The van der Waals surface area contributed by atoms with E-state index in [1.54, 1.807) is 13.0 Å². The Kier molecular flexibility index (Phi) is 2.36. The van der Waals surface area contributed by atoms with Crippen LogP contribution < -0.4 is 0 Å². The van der Waals surface area contributed by atoms with Crippen molar-refractivity contribution in [1.29, 1.82) is 0 Å². The summed E-state index contributed by atoms with van der Waals surface area (Å²) in [5.74, 6) is 0. The Labute approximate surface area is 75.1 Å². The van der Waals surface area contributed by atoms with Gasteiger partial charge in [-0.2, -0.15) is 8.42 Å². The lowest BCUT2D eigenvalue weighted by molar-refractivity contribution is 0.485. The number of hydrogen-bond donors (Lipinski definition) is 1. The normalized spacial score (nSPS) is 11.5. The molecule has 0 fully saturated rings. The number of allylic oxidation sites excluding steroid dienone is 1. The van der Waals surface area contributed by atoms with E-state index in [1.165, 1.54) is 6.07 Å². The first-order valence-corrected chi connectivity index (χ1v) is 5.40. The molecule has 0 spiro atoms. The second-order valence-corrected chi connectivity index (χ2v) is 5.11. The molecular weight excluding hydrogens is 196 g/mol. The second-order valence-electron chi connectivity index (χ2n) is 2.37. The highest BCUT2D eigenvalue weighted by atomic mass is 32.3. The van der Waals surface area contributed by atoms with Crippen LogP contribution in [0.4, 0.5) is 0 Å². The predicted octanol–water partition coefficient (Wildman–Crippen LogP) is 2.03. The van der Waals surface area contributed by atoms with E-state index in [1.807, 2.05) is 0 Å². The minimum absolute atomic E-state index is 0.0412. The Hall–Kier alpha value is -0.650. The van der Waals surface area contributed by atoms with Crippen molar-refractivity contribution in [2.45, 2.75) is 11.1 Å². The predicted molar refractivity (Wildman–Crippen MR) is 48.8 cm³/mol. The van der Waals surface area contributed by atoms with Gasteiger partial charge >= 0.3 is 10.1 Å². The van der Waals surface area contributed by atoms with Gasteiger partial charge in [-0.3, -0.25) is 4.55 Å². The Morgan fingerprint density at radius 1 is 1.58 bits per heavy atom. The molecule has 0 bridgehead atoms. The van der Waals surface area contributed by atoms with Crippen LogP contribution in [0.3, 0.4) is 0 Å². The third kappa shape index (κ3) is 1.94. The minimum Gasteiger partial charge on any atom is -0.281 e. The molecule has 0 aliphatic rings.